The maximum Gasteiger partial charge on any atom is 0.446 e. The molecule has 0 aliphatic carbocycles. The van der Waals surface area contributed by atoms with Crippen molar-refractivity contribution in [1.82, 2.24) is 15.5 Å². The average Bonchev–Trinajstić information content (AvgIpc) is 3.12. The number of nitrogens with zero attached hydrogens (tertiary/aromatic N) is 1. The Morgan fingerprint density at radius 1 is 1.15 bits per heavy atom. The van der Waals surface area contributed by atoms with Crippen LogP contribution in [0, 0.1) is 0 Å². The number of ether oxygens (including phenoxy) is 1. The molecule has 2 unspecified atom stereocenters. The van der Waals surface area contributed by atoms with Crippen molar-refractivity contribution < 1.29 is 28.5 Å². The highest BCUT2D eigenvalue weighted by atomic mass is 32.7. The van der Waals surface area contributed by atoms with Crippen LogP contribution in [0.25, 0.3) is 0 Å². The molecular weight excluding hydrogens is 465 g/mol. The summed E-state index contributed by atoms with van der Waals surface area (Å²) in [5.41, 5.74) is 2.74. The third kappa shape index (κ3) is 5.23. The van der Waals surface area contributed by atoms with Gasteiger partial charge in [-0.15, -0.1) is 0 Å². The lowest BCUT2D eigenvalue weighted by atomic mass is 10.0. The summed E-state index contributed by atoms with van der Waals surface area (Å²) in [7, 11) is -1.71. The number of piperidine rings is 1. The minimum absolute atomic E-state index is 0.0546. The van der Waals surface area contributed by atoms with E-state index in [-0.39, 0.29) is 31.4 Å². The van der Waals surface area contributed by atoms with Gasteiger partial charge in [-0.25, -0.2) is 4.79 Å². The number of fused-ring (bicyclic) bond motifs is 1. The molecule has 2 aliphatic rings. The van der Waals surface area contributed by atoms with Gasteiger partial charge >= 0.3 is 13.1 Å². The smallest absolute Gasteiger partial charge is 0.445 e. The van der Waals surface area contributed by atoms with E-state index in [4.69, 9.17) is 4.74 Å². The van der Waals surface area contributed by atoms with E-state index in [1.54, 1.807) is 42.5 Å². The van der Waals surface area contributed by atoms with Gasteiger partial charge in [-0.05, 0) is 41.3 Å². The molecule has 2 aromatic carbocycles. The van der Waals surface area contributed by atoms with Crippen LogP contribution in [0.2, 0.25) is 0 Å². The Bertz CT molecular complexity index is 1150. The van der Waals surface area contributed by atoms with Crippen molar-refractivity contribution in [3.05, 3.63) is 64.7 Å². The van der Waals surface area contributed by atoms with E-state index in [9.17, 15) is 23.7 Å². The fourth-order valence-electron chi connectivity index (χ4n) is 3.81. The van der Waals surface area contributed by atoms with Gasteiger partial charge in [-0.3, -0.25) is 19.7 Å². The second-order valence-electron chi connectivity index (χ2n) is 7.76. The minimum atomic E-state index is -1.71. The highest BCUT2D eigenvalue weighted by molar-refractivity contribution is 8.43. The second-order valence-corrected chi connectivity index (χ2v) is 9.91. The fraction of sp³-hybridized carbons (Fsp3) is 0.273. The summed E-state index contributed by atoms with van der Waals surface area (Å²) in [6.07, 6.45) is -0.107. The van der Waals surface area contributed by atoms with Gasteiger partial charge in [0.15, 0.2) is 0 Å². The Kier molecular flexibility index (Phi) is 6.76. The molecule has 0 radical (unpaired) electrons. The standard InChI is InChI=1S/C22H20N3O6PS/c26-19-8-7-18(20(27)24-19)25-11-15-4-1-14(9-17(15)21(25)28)10-23-22(29)31-12-13-2-5-16(6-3-13)32(30)33/h1-6,9,18H,7-8,10-12H2,(H2-,23,24,26,27,29,30,33)/p+1. The van der Waals surface area contributed by atoms with E-state index >= 15 is 0 Å². The molecule has 2 atom stereocenters. The molecule has 2 heterocycles. The molecule has 0 spiro atoms. The van der Waals surface area contributed by atoms with Crippen LogP contribution in [0.15, 0.2) is 42.5 Å². The predicted molar refractivity (Wildman–Crippen MR) is 122 cm³/mol. The Morgan fingerprint density at radius 3 is 2.58 bits per heavy atom. The zero-order chi connectivity index (χ0) is 23.5. The minimum Gasteiger partial charge on any atom is -0.445 e. The molecule has 11 heteroatoms. The third-order valence-electron chi connectivity index (χ3n) is 5.56. The van der Waals surface area contributed by atoms with Crippen LogP contribution >= 0.6 is 19.3 Å². The molecular formula is C22H21N3O6PS+. The number of hydrogen-bond acceptors (Lipinski definition) is 6. The van der Waals surface area contributed by atoms with Gasteiger partial charge in [-0.2, -0.15) is 0 Å². The van der Waals surface area contributed by atoms with Gasteiger partial charge in [0.25, 0.3) is 5.91 Å². The Hall–Kier alpha value is -3.23. The van der Waals surface area contributed by atoms with Crippen LogP contribution in [-0.4, -0.2) is 34.8 Å². The van der Waals surface area contributed by atoms with Gasteiger partial charge in [0, 0.05) is 25.1 Å². The van der Waals surface area contributed by atoms with Gasteiger partial charge < -0.3 is 15.0 Å². The maximum atomic E-state index is 12.9. The number of imide groups is 1. The number of hydrogen-bond donors (Lipinski definition) is 3. The second kappa shape index (κ2) is 9.72. The number of carbonyl (C=O) groups is 4. The first kappa shape index (κ1) is 22.9. The van der Waals surface area contributed by atoms with Crippen LogP contribution in [-0.2, 0) is 38.6 Å². The van der Waals surface area contributed by atoms with Crippen molar-refractivity contribution in [2.45, 2.75) is 38.6 Å². The highest BCUT2D eigenvalue weighted by Gasteiger charge is 2.39. The van der Waals surface area contributed by atoms with E-state index < -0.39 is 25.0 Å². The van der Waals surface area contributed by atoms with Gasteiger partial charge in [0.2, 0.25) is 17.1 Å². The average molecular weight is 486 g/mol. The van der Waals surface area contributed by atoms with Crippen molar-refractivity contribution in [3.63, 3.8) is 0 Å². The first-order valence-corrected chi connectivity index (χ1v) is 12.6. The van der Waals surface area contributed by atoms with Crippen molar-refractivity contribution in [3.8, 4) is 0 Å². The van der Waals surface area contributed by atoms with E-state index in [1.165, 1.54) is 4.90 Å². The highest BCUT2D eigenvalue weighted by Crippen LogP contribution is 2.28. The predicted octanol–water partition coefficient (Wildman–Crippen LogP) is 2.17. The summed E-state index contributed by atoms with van der Waals surface area (Å²) >= 11 is 3.90. The van der Waals surface area contributed by atoms with E-state index in [1.807, 2.05) is 0 Å². The number of alkyl carbamates (subject to hydrolysis) is 1. The first-order chi connectivity index (χ1) is 15.8. The first-order valence-electron chi connectivity index (χ1n) is 10.2. The van der Waals surface area contributed by atoms with Crippen molar-refractivity contribution in [1.29, 1.82) is 0 Å². The van der Waals surface area contributed by atoms with Gasteiger partial charge in [0.1, 0.15) is 24.9 Å². The quantitative estimate of drug-likeness (QED) is 0.327. The lowest BCUT2D eigenvalue weighted by Gasteiger charge is -2.29. The van der Waals surface area contributed by atoms with Crippen molar-refractivity contribution in [2.24, 2.45) is 0 Å². The van der Waals surface area contributed by atoms with Crippen LogP contribution in [0.5, 0.6) is 0 Å². The largest absolute Gasteiger partial charge is 0.446 e. The molecule has 1 fully saturated rings. The Labute approximate surface area is 195 Å². The number of carbonyl (C=O) groups excluding carboxylic acids is 4. The zero-order valence-electron chi connectivity index (χ0n) is 17.4. The van der Waals surface area contributed by atoms with E-state index in [0.717, 1.165) is 11.1 Å². The number of thiol groups is 1. The van der Waals surface area contributed by atoms with E-state index in [0.29, 0.717) is 29.4 Å². The molecule has 2 aliphatic heterocycles. The monoisotopic (exact) mass is 486 g/mol. The summed E-state index contributed by atoms with van der Waals surface area (Å²) < 4.78 is 16.5. The molecule has 0 bridgehead atoms. The molecule has 33 heavy (non-hydrogen) atoms. The molecule has 170 valence electrons. The van der Waals surface area contributed by atoms with Crippen molar-refractivity contribution in [2.75, 3.05) is 0 Å². The Balaban J connectivity index is 1.31. The Morgan fingerprint density at radius 2 is 1.88 bits per heavy atom. The number of rotatable bonds is 6. The summed E-state index contributed by atoms with van der Waals surface area (Å²) in [6, 6.07) is 11.4. The SMILES string of the molecule is O=C1CCC(N2Cc3ccc(CNC(=O)OCc4ccc([P+](=O)S)cc4)cc3C2=O)C(=O)N1. The molecule has 2 aromatic rings. The van der Waals surface area contributed by atoms with Crippen LogP contribution in [0.4, 0.5) is 4.79 Å². The number of benzene rings is 2. The van der Waals surface area contributed by atoms with E-state index in [2.05, 4.69) is 22.9 Å². The van der Waals surface area contributed by atoms with Crippen LogP contribution in [0.1, 0.15) is 39.9 Å². The fourth-order valence-corrected chi connectivity index (χ4v) is 4.61. The molecule has 0 saturated carbocycles. The summed E-state index contributed by atoms with van der Waals surface area (Å²) in [6.45, 7) is 0.520. The molecule has 4 amide bonds. The molecule has 4 rings (SSSR count). The lowest BCUT2D eigenvalue weighted by Crippen LogP contribution is -2.52. The summed E-state index contributed by atoms with van der Waals surface area (Å²) in [4.78, 5) is 49.9. The molecule has 0 aromatic heterocycles. The van der Waals surface area contributed by atoms with Crippen LogP contribution < -0.4 is 15.9 Å². The normalized spacial score (nSPS) is 18.0. The molecule has 2 N–H and O–H groups in total. The zero-order valence-corrected chi connectivity index (χ0v) is 19.2. The molecule has 1 saturated heterocycles. The molecule has 9 nitrogen and oxygen atoms in total. The van der Waals surface area contributed by atoms with Gasteiger partial charge in [-0.1, -0.05) is 28.8 Å². The summed E-state index contributed by atoms with van der Waals surface area (Å²) in [5, 5.41) is 5.52. The lowest BCUT2D eigenvalue weighted by molar-refractivity contribution is -0.136. The number of amides is 4. The van der Waals surface area contributed by atoms with Gasteiger partial charge in [0.05, 0.1) is 0 Å². The van der Waals surface area contributed by atoms with Crippen LogP contribution in [0.3, 0.4) is 0 Å². The summed E-state index contributed by atoms with van der Waals surface area (Å²) in [5.74, 6) is -1.05. The third-order valence-corrected chi connectivity index (χ3v) is 6.99. The maximum absolute atomic E-state index is 12.9. The number of nitrogens with one attached hydrogen (secondary N) is 2. The van der Waals surface area contributed by atoms with Crippen molar-refractivity contribution >= 4 is 48.4 Å². The topological polar surface area (TPSA) is 122 Å².